The lowest BCUT2D eigenvalue weighted by atomic mass is 10.3. The number of amides is 2. The summed E-state index contributed by atoms with van der Waals surface area (Å²) >= 11 is 1.62. The number of urea groups is 1. The second-order valence-corrected chi connectivity index (χ2v) is 5.42. The van der Waals surface area contributed by atoms with Crippen LogP contribution in [0.15, 0.2) is 35.2 Å². The summed E-state index contributed by atoms with van der Waals surface area (Å²) in [6.07, 6.45) is 1.57. The average Bonchev–Trinajstić information content (AvgIpc) is 3.02. The van der Waals surface area contributed by atoms with E-state index >= 15 is 0 Å². The molecule has 0 atom stereocenters. The van der Waals surface area contributed by atoms with Gasteiger partial charge < -0.3 is 19.7 Å². The van der Waals surface area contributed by atoms with Crippen molar-refractivity contribution in [2.45, 2.75) is 6.54 Å². The van der Waals surface area contributed by atoms with Gasteiger partial charge in [0.25, 0.3) is 0 Å². The van der Waals surface area contributed by atoms with Gasteiger partial charge >= 0.3 is 6.03 Å². The standard InChI is InChI=1S/C15H19N3O3S/c1-18(10-12-5-8-22-11-12)15(19)17-13-3-4-14(16-9-13)21-7-6-20-2/h3-5,8-9,11H,6-7,10H2,1-2H3,(H,17,19). The zero-order chi connectivity index (χ0) is 15.8. The van der Waals surface area contributed by atoms with Gasteiger partial charge in [0.1, 0.15) is 6.61 Å². The number of nitrogens with one attached hydrogen (secondary N) is 1. The van der Waals surface area contributed by atoms with E-state index in [4.69, 9.17) is 9.47 Å². The number of thiophene rings is 1. The van der Waals surface area contributed by atoms with Gasteiger partial charge in [0.2, 0.25) is 5.88 Å². The zero-order valence-electron chi connectivity index (χ0n) is 12.6. The molecular weight excluding hydrogens is 302 g/mol. The van der Waals surface area contributed by atoms with Crippen molar-refractivity contribution in [3.63, 3.8) is 0 Å². The van der Waals surface area contributed by atoms with Crippen molar-refractivity contribution < 1.29 is 14.3 Å². The molecule has 22 heavy (non-hydrogen) atoms. The molecule has 0 unspecified atom stereocenters. The van der Waals surface area contributed by atoms with Crippen molar-refractivity contribution in [2.24, 2.45) is 0 Å². The molecule has 118 valence electrons. The third-order valence-electron chi connectivity index (χ3n) is 2.87. The maximum absolute atomic E-state index is 12.1. The number of carbonyl (C=O) groups excluding carboxylic acids is 1. The molecule has 0 spiro atoms. The molecule has 0 bridgehead atoms. The Bertz CT molecular complexity index is 572. The molecule has 2 heterocycles. The molecule has 0 aliphatic carbocycles. The highest BCUT2D eigenvalue weighted by Crippen LogP contribution is 2.13. The van der Waals surface area contributed by atoms with Crippen LogP contribution in [0.2, 0.25) is 0 Å². The molecule has 0 saturated carbocycles. The van der Waals surface area contributed by atoms with E-state index in [9.17, 15) is 4.79 Å². The van der Waals surface area contributed by atoms with Gasteiger partial charge in [-0.25, -0.2) is 9.78 Å². The van der Waals surface area contributed by atoms with Crippen LogP contribution in [-0.2, 0) is 11.3 Å². The van der Waals surface area contributed by atoms with Gasteiger partial charge in [-0.2, -0.15) is 11.3 Å². The van der Waals surface area contributed by atoms with Crippen LogP contribution in [0.4, 0.5) is 10.5 Å². The van der Waals surface area contributed by atoms with Crippen LogP contribution in [0.25, 0.3) is 0 Å². The lowest BCUT2D eigenvalue weighted by Gasteiger charge is -2.17. The van der Waals surface area contributed by atoms with Gasteiger partial charge in [0, 0.05) is 26.8 Å². The number of nitrogens with zero attached hydrogens (tertiary/aromatic N) is 2. The molecule has 2 rings (SSSR count). The molecule has 0 radical (unpaired) electrons. The minimum Gasteiger partial charge on any atom is -0.475 e. The van der Waals surface area contributed by atoms with E-state index in [-0.39, 0.29) is 6.03 Å². The molecule has 0 fully saturated rings. The molecule has 0 aliphatic rings. The minimum absolute atomic E-state index is 0.180. The predicted octanol–water partition coefficient (Wildman–Crippen LogP) is 2.83. The number of hydrogen-bond acceptors (Lipinski definition) is 5. The number of aromatic nitrogens is 1. The summed E-state index contributed by atoms with van der Waals surface area (Å²) in [5, 5.41) is 6.81. The maximum atomic E-state index is 12.1. The van der Waals surface area contributed by atoms with Crippen LogP contribution in [0.1, 0.15) is 5.56 Å². The first-order chi connectivity index (χ1) is 10.7. The van der Waals surface area contributed by atoms with Crippen LogP contribution in [0.3, 0.4) is 0 Å². The first-order valence-corrected chi connectivity index (χ1v) is 7.74. The molecule has 7 heteroatoms. The fourth-order valence-electron chi connectivity index (χ4n) is 1.72. The number of rotatable bonds is 7. The topological polar surface area (TPSA) is 63.7 Å². The van der Waals surface area contributed by atoms with Crippen molar-refractivity contribution in [1.82, 2.24) is 9.88 Å². The quantitative estimate of drug-likeness (QED) is 0.797. The Balaban J connectivity index is 1.83. The molecular formula is C15H19N3O3S. The van der Waals surface area contributed by atoms with Crippen molar-refractivity contribution in [3.05, 3.63) is 40.7 Å². The van der Waals surface area contributed by atoms with Crippen molar-refractivity contribution in [3.8, 4) is 5.88 Å². The molecule has 2 amide bonds. The average molecular weight is 321 g/mol. The highest BCUT2D eigenvalue weighted by molar-refractivity contribution is 7.07. The molecule has 2 aromatic rings. The molecule has 6 nitrogen and oxygen atoms in total. The summed E-state index contributed by atoms with van der Waals surface area (Å²) in [4.78, 5) is 17.8. The summed E-state index contributed by atoms with van der Waals surface area (Å²) in [5.41, 5.74) is 1.74. The van der Waals surface area contributed by atoms with Crippen LogP contribution in [0.5, 0.6) is 5.88 Å². The fourth-order valence-corrected chi connectivity index (χ4v) is 2.38. The SMILES string of the molecule is COCCOc1ccc(NC(=O)N(C)Cc2ccsc2)cn1. The van der Waals surface area contributed by atoms with E-state index in [1.54, 1.807) is 48.7 Å². The van der Waals surface area contributed by atoms with E-state index in [0.29, 0.717) is 31.3 Å². The Morgan fingerprint density at radius 2 is 2.23 bits per heavy atom. The third kappa shape index (κ3) is 5.01. The third-order valence-corrected chi connectivity index (χ3v) is 3.60. The summed E-state index contributed by atoms with van der Waals surface area (Å²) in [5.74, 6) is 0.502. The number of methoxy groups -OCH3 is 1. The smallest absolute Gasteiger partial charge is 0.321 e. The van der Waals surface area contributed by atoms with Crippen LogP contribution < -0.4 is 10.1 Å². The highest BCUT2D eigenvalue weighted by atomic mass is 32.1. The van der Waals surface area contributed by atoms with Gasteiger partial charge in [0.05, 0.1) is 18.5 Å². The monoisotopic (exact) mass is 321 g/mol. The number of carbonyl (C=O) groups is 1. The Labute approximate surface area is 133 Å². The highest BCUT2D eigenvalue weighted by Gasteiger charge is 2.10. The Kier molecular flexibility index (Phi) is 6.17. The molecule has 0 aliphatic heterocycles. The van der Waals surface area contributed by atoms with Gasteiger partial charge in [0.15, 0.2) is 0 Å². The molecule has 0 aromatic carbocycles. The molecule has 0 saturated heterocycles. The Hall–Kier alpha value is -2.12. The summed E-state index contributed by atoms with van der Waals surface area (Å²) in [6.45, 7) is 1.52. The van der Waals surface area contributed by atoms with Gasteiger partial charge in [-0.1, -0.05) is 0 Å². The van der Waals surface area contributed by atoms with E-state index in [1.165, 1.54) is 0 Å². The summed E-state index contributed by atoms with van der Waals surface area (Å²) in [6, 6.07) is 5.29. The van der Waals surface area contributed by atoms with Crippen molar-refractivity contribution in [2.75, 3.05) is 32.7 Å². The normalized spacial score (nSPS) is 10.3. The number of ether oxygens (including phenoxy) is 2. The van der Waals surface area contributed by atoms with E-state index in [1.807, 2.05) is 16.8 Å². The summed E-state index contributed by atoms with van der Waals surface area (Å²) in [7, 11) is 3.37. The largest absolute Gasteiger partial charge is 0.475 e. The first kappa shape index (κ1) is 16.3. The van der Waals surface area contributed by atoms with Crippen LogP contribution in [0, 0.1) is 0 Å². The first-order valence-electron chi connectivity index (χ1n) is 6.80. The predicted molar refractivity (Wildman–Crippen MR) is 86.4 cm³/mol. The summed E-state index contributed by atoms with van der Waals surface area (Å²) < 4.78 is 10.3. The second kappa shape index (κ2) is 8.35. The number of hydrogen-bond donors (Lipinski definition) is 1. The van der Waals surface area contributed by atoms with Crippen molar-refractivity contribution >= 4 is 23.1 Å². The minimum atomic E-state index is -0.180. The second-order valence-electron chi connectivity index (χ2n) is 4.64. The van der Waals surface area contributed by atoms with Gasteiger partial charge in [-0.15, -0.1) is 0 Å². The van der Waals surface area contributed by atoms with Crippen LogP contribution in [-0.4, -0.2) is 43.3 Å². The number of anilines is 1. The zero-order valence-corrected chi connectivity index (χ0v) is 13.4. The van der Waals surface area contributed by atoms with E-state index in [2.05, 4.69) is 10.3 Å². The fraction of sp³-hybridized carbons (Fsp3) is 0.333. The van der Waals surface area contributed by atoms with E-state index in [0.717, 1.165) is 5.56 Å². The maximum Gasteiger partial charge on any atom is 0.321 e. The Morgan fingerprint density at radius 3 is 2.86 bits per heavy atom. The van der Waals surface area contributed by atoms with Gasteiger partial charge in [-0.05, 0) is 28.5 Å². The molecule has 1 N–H and O–H groups in total. The van der Waals surface area contributed by atoms with E-state index < -0.39 is 0 Å². The van der Waals surface area contributed by atoms with Crippen molar-refractivity contribution in [1.29, 1.82) is 0 Å². The van der Waals surface area contributed by atoms with Crippen LogP contribution >= 0.6 is 11.3 Å². The van der Waals surface area contributed by atoms with Gasteiger partial charge in [-0.3, -0.25) is 0 Å². The number of pyridine rings is 1. The molecule has 2 aromatic heterocycles. The Morgan fingerprint density at radius 1 is 1.36 bits per heavy atom. The lowest BCUT2D eigenvalue weighted by molar-refractivity contribution is 0.144. The lowest BCUT2D eigenvalue weighted by Crippen LogP contribution is -2.30.